The fraction of sp³-hybridized carbons (Fsp3) is 0.565. The van der Waals surface area contributed by atoms with Crippen LogP contribution in [-0.4, -0.2) is 108 Å². The van der Waals surface area contributed by atoms with E-state index in [1.807, 2.05) is 77.9 Å². The maximum absolute atomic E-state index is 12.6. The molecule has 0 bridgehead atoms. The summed E-state index contributed by atoms with van der Waals surface area (Å²) in [5.74, 6) is -0.907. The minimum absolute atomic E-state index is 0.00368. The molecule has 0 fully saturated rings. The van der Waals surface area contributed by atoms with Gasteiger partial charge in [0.05, 0.1) is 0 Å². The van der Waals surface area contributed by atoms with Gasteiger partial charge in [-0.05, 0) is 118 Å². The van der Waals surface area contributed by atoms with Crippen LogP contribution in [0.2, 0.25) is 12.1 Å². The van der Waals surface area contributed by atoms with Gasteiger partial charge in [-0.3, -0.25) is 9.59 Å². The molecule has 0 saturated carbocycles. The van der Waals surface area contributed by atoms with E-state index in [1.54, 1.807) is 12.1 Å². The fourth-order valence-corrected chi connectivity index (χ4v) is 12.5. The first kappa shape index (κ1) is 53.9. The normalized spacial score (nSPS) is 11.7. The Kier molecular flexibility index (Phi) is 23.4. The molecule has 0 aliphatic heterocycles. The van der Waals surface area contributed by atoms with E-state index in [0.29, 0.717) is 99.6 Å². The third kappa shape index (κ3) is 15.4. The van der Waals surface area contributed by atoms with Crippen molar-refractivity contribution in [1.82, 2.24) is 10.6 Å². The SMILES string of the molecule is CCO[Si](CCCNC(=O)c1cc2ccc(N(CC)CC)cc2oc1=O)(OCC)OCC.CCO[Si](CCCNC(=O)c1cc2ccc(N(CC)CC)cc2oc1=O)(OCC)OCC. The van der Waals surface area contributed by atoms with Crippen molar-refractivity contribution in [2.24, 2.45) is 0 Å². The van der Waals surface area contributed by atoms with Crippen LogP contribution in [0.3, 0.4) is 0 Å². The van der Waals surface area contributed by atoms with Crippen LogP contribution in [0.4, 0.5) is 11.4 Å². The molecule has 356 valence electrons. The molecule has 0 saturated heterocycles. The van der Waals surface area contributed by atoms with Gasteiger partial charge in [0.15, 0.2) is 0 Å². The number of rotatable bonds is 28. The second-order valence-electron chi connectivity index (χ2n) is 14.4. The Hall–Kier alpha value is -4.41. The number of anilines is 2. The summed E-state index contributed by atoms with van der Waals surface area (Å²) < 4.78 is 45.9. The van der Waals surface area contributed by atoms with Crippen LogP contribution in [0.5, 0.6) is 0 Å². The van der Waals surface area contributed by atoms with Crippen molar-refractivity contribution in [3.8, 4) is 0 Å². The highest BCUT2D eigenvalue weighted by Gasteiger charge is 2.40. The standard InChI is InChI=1S/2C23H36N2O6Si/c2*1-6-25(7-2)19-13-12-18-16-20(23(27)31-21(18)17-19)22(26)24-14-11-15-32(28-8-3,29-9-4)30-10-5/h2*12-13,16-17H,6-11,14-15H2,1-5H3,(H,24,26). The Morgan fingerprint density at radius 3 is 1.09 bits per heavy atom. The zero-order valence-electron chi connectivity index (χ0n) is 39.7. The van der Waals surface area contributed by atoms with Crippen molar-refractivity contribution >= 4 is 62.7 Å². The van der Waals surface area contributed by atoms with Gasteiger partial charge in [0.25, 0.3) is 11.8 Å². The van der Waals surface area contributed by atoms with Crippen molar-refractivity contribution in [3.05, 3.63) is 80.5 Å². The van der Waals surface area contributed by atoms with E-state index in [4.69, 9.17) is 35.4 Å². The first-order valence-corrected chi connectivity index (χ1v) is 26.8. The number of amides is 2. The monoisotopic (exact) mass is 928 g/mol. The summed E-state index contributed by atoms with van der Waals surface area (Å²) in [6.07, 6.45) is 1.23. The topological polar surface area (TPSA) is 180 Å². The number of carbonyl (C=O) groups is 2. The molecule has 2 aromatic heterocycles. The van der Waals surface area contributed by atoms with E-state index in [1.165, 1.54) is 0 Å². The average Bonchev–Trinajstić information content (AvgIpc) is 3.27. The maximum Gasteiger partial charge on any atom is 0.500 e. The van der Waals surface area contributed by atoms with Crippen molar-refractivity contribution in [3.63, 3.8) is 0 Å². The number of nitrogens with one attached hydrogen (secondary N) is 2. The highest BCUT2D eigenvalue weighted by molar-refractivity contribution is 6.61. The summed E-state index contributed by atoms with van der Waals surface area (Å²) in [5.41, 5.74) is 1.60. The lowest BCUT2D eigenvalue weighted by atomic mass is 10.1. The minimum atomic E-state index is -2.75. The van der Waals surface area contributed by atoms with Crippen LogP contribution >= 0.6 is 0 Å². The molecule has 2 amide bonds. The first-order valence-electron chi connectivity index (χ1n) is 22.9. The van der Waals surface area contributed by atoms with Crippen molar-refractivity contribution in [1.29, 1.82) is 0 Å². The summed E-state index contributed by atoms with van der Waals surface area (Å²) >= 11 is 0. The second-order valence-corrected chi connectivity index (χ2v) is 19.8. The summed E-state index contributed by atoms with van der Waals surface area (Å²) in [7, 11) is -5.50. The second kappa shape index (κ2) is 27.8. The predicted octanol–water partition coefficient (Wildman–Crippen LogP) is 7.62. The molecule has 18 heteroatoms. The summed E-state index contributed by atoms with van der Waals surface area (Å²) in [4.78, 5) is 54.5. The third-order valence-corrected chi connectivity index (χ3v) is 16.6. The quantitative estimate of drug-likeness (QED) is 0.0323. The highest BCUT2D eigenvalue weighted by atomic mass is 28.4. The Labute approximate surface area is 380 Å². The largest absolute Gasteiger partial charge is 0.500 e. The molecule has 0 unspecified atom stereocenters. The Balaban J connectivity index is 0.000000340. The number of nitrogens with zero attached hydrogens (tertiary/aromatic N) is 2. The van der Waals surface area contributed by atoms with E-state index in [0.717, 1.165) is 37.6 Å². The van der Waals surface area contributed by atoms with Gasteiger partial charge in [-0.15, -0.1) is 0 Å². The van der Waals surface area contributed by atoms with Gasteiger partial charge in [0.1, 0.15) is 22.3 Å². The molecule has 0 atom stereocenters. The third-order valence-electron chi connectivity index (χ3n) is 10.3. The smallest absolute Gasteiger partial charge is 0.422 e. The van der Waals surface area contributed by atoms with E-state index in [2.05, 4.69) is 48.1 Å². The lowest BCUT2D eigenvalue weighted by Gasteiger charge is -2.28. The Bertz CT molecular complexity index is 1970. The molecule has 0 spiro atoms. The first-order chi connectivity index (χ1) is 30.9. The van der Waals surface area contributed by atoms with E-state index >= 15 is 0 Å². The van der Waals surface area contributed by atoms with Crippen LogP contribution < -0.4 is 31.7 Å². The van der Waals surface area contributed by atoms with Gasteiger partial charge in [0, 0.05) is 125 Å². The number of benzene rings is 2. The van der Waals surface area contributed by atoms with Crippen molar-refractivity contribution in [2.45, 2.75) is 94.2 Å². The molecule has 4 aromatic rings. The summed E-state index contributed by atoms with van der Waals surface area (Å²) in [6, 6.07) is 15.7. The Morgan fingerprint density at radius 1 is 0.500 bits per heavy atom. The van der Waals surface area contributed by atoms with E-state index < -0.39 is 40.7 Å². The van der Waals surface area contributed by atoms with Gasteiger partial charge >= 0.3 is 28.9 Å². The van der Waals surface area contributed by atoms with Gasteiger partial charge in [0.2, 0.25) is 0 Å². The van der Waals surface area contributed by atoms with Crippen LogP contribution in [0, 0.1) is 0 Å². The number of fused-ring (bicyclic) bond motifs is 2. The van der Waals surface area contributed by atoms with Gasteiger partial charge < -0.3 is 55.8 Å². The molecule has 0 aliphatic carbocycles. The number of carbonyl (C=O) groups excluding carboxylic acids is 2. The highest BCUT2D eigenvalue weighted by Crippen LogP contribution is 2.24. The zero-order valence-corrected chi connectivity index (χ0v) is 41.7. The fourth-order valence-electron chi connectivity index (χ4n) is 7.29. The Morgan fingerprint density at radius 2 is 0.812 bits per heavy atom. The minimum Gasteiger partial charge on any atom is -0.422 e. The molecule has 2 N–H and O–H groups in total. The lowest BCUT2D eigenvalue weighted by molar-refractivity contribution is 0.0698. The van der Waals surface area contributed by atoms with Crippen LogP contribution in [-0.2, 0) is 26.6 Å². The summed E-state index contributed by atoms with van der Waals surface area (Å²) in [6.45, 7) is 26.9. The number of hydrogen-bond donors (Lipinski definition) is 2. The average molecular weight is 929 g/mol. The summed E-state index contributed by atoms with van der Waals surface area (Å²) in [5, 5.41) is 7.02. The van der Waals surface area contributed by atoms with Crippen LogP contribution in [0.1, 0.15) is 103 Å². The number of hydrogen-bond acceptors (Lipinski definition) is 14. The van der Waals surface area contributed by atoms with Gasteiger partial charge in [-0.2, -0.15) is 0 Å². The van der Waals surface area contributed by atoms with Gasteiger partial charge in [-0.25, -0.2) is 9.59 Å². The van der Waals surface area contributed by atoms with Crippen LogP contribution in [0.15, 0.2) is 67.0 Å². The zero-order chi connectivity index (χ0) is 47.1. The molecular formula is C46H72N4O12Si2. The molecule has 2 heterocycles. The van der Waals surface area contributed by atoms with E-state index in [9.17, 15) is 19.2 Å². The van der Waals surface area contributed by atoms with Crippen LogP contribution in [0.25, 0.3) is 21.9 Å². The maximum atomic E-state index is 12.6. The molecule has 16 nitrogen and oxygen atoms in total. The van der Waals surface area contributed by atoms with Crippen molar-refractivity contribution < 1.29 is 45.0 Å². The van der Waals surface area contributed by atoms with Gasteiger partial charge in [-0.1, -0.05) is 0 Å². The molecule has 64 heavy (non-hydrogen) atoms. The molecular weight excluding hydrogens is 857 g/mol. The molecule has 0 radical (unpaired) electrons. The lowest BCUT2D eigenvalue weighted by Crippen LogP contribution is -2.46. The molecule has 0 aliphatic rings. The molecule has 2 aromatic carbocycles. The molecule has 4 rings (SSSR count). The van der Waals surface area contributed by atoms with E-state index in [-0.39, 0.29) is 11.1 Å². The predicted molar refractivity (Wildman–Crippen MR) is 257 cm³/mol. The van der Waals surface area contributed by atoms with Crippen molar-refractivity contribution in [2.75, 3.05) is 88.7 Å².